The quantitative estimate of drug-likeness (QED) is 0.500. The van der Waals surface area contributed by atoms with Crippen LogP contribution < -0.4 is 5.32 Å². The molecule has 0 fully saturated rings. The highest BCUT2D eigenvalue weighted by Gasteiger charge is 2.08. The van der Waals surface area contributed by atoms with E-state index in [4.69, 9.17) is 0 Å². The van der Waals surface area contributed by atoms with Gasteiger partial charge in [-0.2, -0.15) is 0 Å². The lowest BCUT2D eigenvalue weighted by molar-refractivity contribution is -0.111. The smallest absolute Gasteiger partial charge is 0.174 e. The number of nitrogens with one attached hydrogen (secondary N) is 1. The zero-order valence-corrected chi connectivity index (χ0v) is 4.77. The van der Waals surface area contributed by atoms with Crippen LogP contribution in [0.25, 0.3) is 0 Å². The van der Waals surface area contributed by atoms with E-state index in [0.29, 0.717) is 18.9 Å². The van der Waals surface area contributed by atoms with Gasteiger partial charge in [0.05, 0.1) is 12.4 Å². The van der Waals surface area contributed by atoms with Crippen LogP contribution in [0, 0.1) is 0 Å². The molecule has 0 atom stereocenters. The van der Waals surface area contributed by atoms with Crippen molar-refractivity contribution in [2.75, 3.05) is 13.2 Å². The van der Waals surface area contributed by atoms with Gasteiger partial charge >= 0.3 is 0 Å². The summed E-state index contributed by atoms with van der Waals surface area (Å²) < 4.78 is 0. The Morgan fingerprint density at radius 1 is 1.88 bits per heavy atom. The molecule has 0 aromatic carbocycles. The Bertz CT molecular complexity index is 139. The number of ketones is 1. The molecule has 1 N–H and O–H groups in total. The standard InChI is InChI=1S/C5H8N2O/c1-4(8)5-2-6-3-7-5/h6H,2-3H2,1H3. The van der Waals surface area contributed by atoms with Crippen molar-refractivity contribution in [3.8, 4) is 0 Å². The average Bonchev–Trinajstić information content (AvgIpc) is 2.12. The summed E-state index contributed by atoms with van der Waals surface area (Å²) in [6.45, 7) is 2.79. The van der Waals surface area contributed by atoms with Gasteiger partial charge < -0.3 is 0 Å². The van der Waals surface area contributed by atoms with Crippen LogP contribution in [0.5, 0.6) is 0 Å². The van der Waals surface area contributed by atoms with E-state index >= 15 is 0 Å². The molecule has 0 radical (unpaired) electrons. The van der Waals surface area contributed by atoms with Crippen LogP contribution in [0.15, 0.2) is 4.99 Å². The molecule has 44 valence electrons. The van der Waals surface area contributed by atoms with E-state index in [9.17, 15) is 4.79 Å². The predicted molar refractivity (Wildman–Crippen MR) is 31.0 cm³/mol. The first kappa shape index (κ1) is 5.44. The van der Waals surface area contributed by atoms with Crippen LogP contribution >= 0.6 is 0 Å². The molecule has 8 heavy (non-hydrogen) atoms. The van der Waals surface area contributed by atoms with Crippen molar-refractivity contribution < 1.29 is 4.79 Å². The van der Waals surface area contributed by atoms with Gasteiger partial charge in [0, 0.05) is 13.5 Å². The molecular formula is C5H8N2O. The van der Waals surface area contributed by atoms with Crippen molar-refractivity contribution >= 4 is 11.5 Å². The Hall–Kier alpha value is -0.700. The topological polar surface area (TPSA) is 41.5 Å². The fraction of sp³-hybridized carbons (Fsp3) is 0.600. The highest BCUT2D eigenvalue weighted by molar-refractivity contribution is 6.40. The first-order valence-corrected chi connectivity index (χ1v) is 2.55. The number of nitrogens with zero attached hydrogens (tertiary/aromatic N) is 1. The van der Waals surface area contributed by atoms with E-state index in [0.717, 1.165) is 0 Å². The zero-order valence-electron chi connectivity index (χ0n) is 4.77. The molecular weight excluding hydrogens is 104 g/mol. The zero-order chi connectivity index (χ0) is 5.98. The molecule has 1 rings (SSSR count). The lowest BCUT2D eigenvalue weighted by Gasteiger charge is -1.86. The summed E-state index contributed by atoms with van der Waals surface area (Å²) in [4.78, 5) is 14.4. The van der Waals surface area contributed by atoms with Gasteiger partial charge in [-0.05, 0) is 0 Å². The first-order chi connectivity index (χ1) is 3.80. The van der Waals surface area contributed by atoms with Crippen LogP contribution in [0.1, 0.15) is 6.92 Å². The predicted octanol–water partition coefficient (Wildman–Crippen LogP) is -0.423. The monoisotopic (exact) mass is 112 g/mol. The second kappa shape index (κ2) is 2.05. The van der Waals surface area contributed by atoms with Crippen molar-refractivity contribution in [3.05, 3.63) is 0 Å². The first-order valence-electron chi connectivity index (χ1n) is 2.55. The Morgan fingerprint density at radius 2 is 2.62 bits per heavy atom. The van der Waals surface area contributed by atoms with E-state index in [2.05, 4.69) is 10.3 Å². The summed E-state index contributed by atoms with van der Waals surface area (Å²) in [7, 11) is 0. The van der Waals surface area contributed by atoms with Crippen LogP contribution in [0.4, 0.5) is 0 Å². The van der Waals surface area contributed by atoms with Gasteiger partial charge in [0.25, 0.3) is 0 Å². The number of aliphatic imine (C=N–C) groups is 1. The molecule has 0 spiro atoms. The second-order valence-corrected chi connectivity index (χ2v) is 1.75. The molecule has 1 heterocycles. The van der Waals surface area contributed by atoms with E-state index < -0.39 is 0 Å². The van der Waals surface area contributed by atoms with E-state index in [1.807, 2.05) is 0 Å². The normalized spacial score (nSPS) is 18.4. The summed E-state index contributed by atoms with van der Waals surface area (Å²) >= 11 is 0. The van der Waals surface area contributed by atoms with Crippen molar-refractivity contribution in [2.24, 2.45) is 4.99 Å². The van der Waals surface area contributed by atoms with Gasteiger partial charge in [0.1, 0.15) is 0 Å². The van der Waals surface area contributed by atoms with E-state index in [1.54, 1.807) is 0 Å². The lowest BCUT2D eigenvalue weighted by atomic mass is 10.3. The SMILES string of the molecule is CC(=O)C1=NCNC1. The van der Waals surface area contributed by atoms with Crippen LogP contribution in [0.2, 0.25) is 0 Å². The molecule has 0 aliphatic carbocycles. The van der Waals surface area contributed by atoms with Crippen molar-refractivity contribution in [1.29, 1.82) is 0 Å². The van der Waals surface area contributed by atoms with Crippen molar-refractivity contribution in [1.82, 2.24) is 5.32 Å². The molecule has 0 saturated heterocycles. The van der Waals surface area contributed by atoms with Gasteiger partial charge in [0.2, 0.25) is 0 Å². The van der Waals surface area contributed by atoms with E-state index in [1.165, 1.54) is 6.92 Å². The van der Waals surface area contributed by atoms with Crippen molar-refractivity contribution in [3.63, 3.8) is 0 Å². The number of hydrogen-bond donors (Lipinski definition) is 1. The maximum Gasteiger partial charge on any atom is 0.174 e. The minimum atomic E-state index is 0.0787. The fourth-order valence-electron chi connectivity index (χ4n) is 0.617. The van der Waals surface area contributed by atoms with E-state index in [-0.39, 0.29) is 5.78 Å². The summed E-state index contributed by atoms with van der Waals surface area (Å²) in [6.07, 6.45) is 0. The Morgan fingerprint density at radius 3 is 2.88 bits per heavy atom. The molecule has 0 amide bonds. The van der Waals surface area contributed by atoms with Gasteiger partial charge in [-0.3, -0.25) is 15.1 Å². The second-order valence-electron chi connectivity index (χ2n) is 1.75. The van der Waals surface area contributed by atoms with Gasteiger partial charge in [0.15, 0.2) is 5.78 Å². The number of Topliss-reactive ketones (excluding diaryl/α,β-unsaturated/α-hetero) is 1. The minimum Gasteiger partial charge on any atom is -0.293 e. The third-order valence-electron chi connectivity index (χ3n) is 1.08. The number of carbonyl (C=O) groups is 1. The number of carbonyl (C=O) groups excluding carboxylic acids is 1. The maximum absolute atomic E-state index is 10.5. The Labute approximate surface area is 47.8 Å². The van der Waals surface area contributed by atoms with Crippen LogP contribution in [0.3, 0.4) is 0 Å². The summed E-state index contributed by atoms with van der Waals surface area (Å²) in [5, 5.41) is 2.93. The summed E-state index contributed by atoms with van der Waals surface area (Å²) in [6, 6.07) is 0. The highest BCUT2D eigenvalue weighted by Crippen LogP contribution is 1.85. The van der Waals surface area contributed by atoms with Gasteiger partial charge in [-0.1, -0.05) is 0 Å². The molecule has 1 aliphatic rings. The van der Waals surface area contributed by atoms with Crippen molar-refractivity contribution in [2.45, 2.75) is 6.92 Å². The number of hydrogen-bond acceptors (Lipinski definition) is 3. The molecule has 3 heteroatoms. The van der Waals surface area contributed by atoms with Crippen LogP contribution in [-0.4, -0.2) is 24.7 Å². The Balaban J connectivity index is 2.57. The lowest BCUT2D eigenvalue weighted by Crippen LogP contribution is -2.18. The highest BCUT2D eigenvalue weighted by atomic mass is 16.1. The Kier molecular flexibility index (Phi) is 1.39. The minimum absolute atomic E-state index is 0.0787. The summed E-state index contributed by atoms with van der Waals surface area (Å²) in [5.41, 5.74) is 0.671. The average molecular weight is 112 g/mol. The molecule has 0 saturated carbocycles. The maximum atomic E-state index is 10.5. The molecule has 1 aliphatic heterocycles. The third kappa shape index (κ3) is 0.924. The van der Waals surface area contributed by atoms with Gasteiger partial charge in [-0.25, -0.2) is 0 Å². The largest absolute Gasteiger partial charge is 0.293 e. The molecule has 0 bridgehead atoms. The number of rotatable bonds is 1. The molecule has 3 nitrogen and oxygen atoms in total. The molecule has 0 unspecified atom stereocenters. The molecule has 0 aromatic heterocycles. The summed E-state index contributed by atoms with van der Waals surface area (Å²) in [5.74, 6) is 0.0787. The van der Waals surface area contributed by atoms with Crippen LogP contribution in [-0.2, 0) is 4.79 Å². The van der Waals surface area contributed by atoms with Gasteiger partial charge in [-0.15, -0.1) is 0 Å². The fourth-order valence-corrected chi connectivity index (χ4v) is 0.617. The molecule has 0 aromatic rings. The third-order valence-corrected chi connectivity index (χ3v) is 1.08.